The molecule has 3 amide bonds. The minimum Gasteiger partial charge on any atom is -0.496 e. The topological polar surface area (TPSA) is 112 Å². The second-order valence-electron chi connectivity index (χ2n) is 9.87. The van der Waals surface area contributed by atoms with Gasteiger partial charge in [-0.3, -0.25) is 19.4 Å². The monoisotopic (exact) mass is 547 g/mol. The Balaban J connectivity index is 1.21. The molecule has 39 heavy (non-hydrogen) atoms. The number of nitrogens with zero attached hydrogens (tertiary/aromatic N) is 3. The molecule has 2 heterocycles. The van der Waals surface area contributed by atoms with E-state index in [0.29, 0.717) is 29.0 Å². The van der Waals surface area contributed by atoms with E-state index < -0.39 is 6.04 Å². The largest absolute Gasteiger partial charge is 0.496 e. The first kappa shape index (κ1) is 26.9. The molecule has 0 bridgehead atoms. The molecule has 10 heteroatoms. The van der Waals surface area contributed by atoms with Gasteiger partial charge < -0.3 is 15.4 Å². The number of hydrogen-bond acceptors (Lipinski definition) is 7. The van der Waals surface area contributed by atoms with Crippen LogP contribution in [0.4, 0.5) is 5.69 Å². The number of rotatable bonds is 9. The van der Waals surface area contributed by atoms with Crippen LogP contribution in [0.3, 0.4) is 0 Å². The molecule has 9 nitrogen and oxygen atoms in total. The van der Waals surface area contributed by atoms with Crippen molar-refractivity contribution >= 4 is 46.2 Å². The number of hydrogen-bond donors (Lipinski definition) is 2. The molecule has 0 spiro atoms. The summed E-state index contributed by atoms with van der Waals surface area (Å²) >= 11 is 1.24. The van der Waals surface area contributed by atoms with E-state index >= 15 is 0 Å². The van der Waals surface area contributed by atoms with E-state index in [1.54, 1.807) is 7.11 Å². The van der Waals surface area contributed by atoms with Gasteiger partial charge in [0.15, 0.2) is 5.17 Å². The Morgan fingerprint density at radius 1 is 1.05 bits per heavy atom. The number of para-hydroxylation sites is 2. The summed E-state index contributed by atoms with van der Waals surface area (Å²) in [7, 11) is 1.59. The van der Waals surface area contributed by atoms with Crippen molar-refractivity contribution in [1.29, 1.82) is 0 Å². The van der Waals surface area contributed by atoms with E-state index in [0.717, 1.165) is 36.8 Å². The van der Waals surface area contributed by atoms with Crippen LogP contribution in [0.2, 0.25) is 0 Å². The van der Waals surface area contributed by atoms with E-state index in [4.69, 9.17) is 14.7 Å². The van der Waals surface area contributed by atoms with Crippen molar-refractivity contribution in [2.24, 2.45) is 9.98 Å². The lowest BCUT2D eigenvalue weighted by atomic mass is 9.95. The first-order valence-corrected chi connectivity index (χ1v) is 14.4. The summed E-state index contributed by atoms with van der Waals surface area (Å²) in [4.78, 5) is 49.6. The molecule has 0 unspecified atom stereocenters. The van der Waals surface area contributed by atoms with Gasteiger partial charge in [-0.1, -0.05) is 61.4 Å². The predicted molar refractivity (Wildman–Crippen MR) is 152 cm³/mol. The quantitative estimate of drug-likeness (QED) is 0.494. The van der Waals surface area contributed by atoms with Crippen molar-refractivity contribution in [3.63, 3.8) is 0 Å². The van der Waals surface area contributed by atoms with Crippen LogP contribution in [-0.2, 0) is 20.9 Å². The maximum Gasteiger partial charge on any atom is 0.259 e. The third-order valence-electron chi connectivity index (χ3n) is 7.16. The minimum atomic E-state index is -0.690. The molecule has 0 aromatic heterocycles. The summed E-state index contributed by atoms with van der Waals surface area (Å²) < 4.78 is 5.34. The second kappa shape index (κ2) is 12.5. The number of ether oxygens (including phenoxy) is 1. The fourth-order valence-corrected chi connectivity index (χ4v) is 5.94. The number of benzene rings is 2. The minimum absolute atomic E-state index is 0.0538. The lowest BCUT2D eigenvalue weighted by Crippen LogP contribution is -2.42. The third kappa shape index (κ3) is 6.33. The molecule has 2 aromatic rings. The summed E-state index contributed by atoms with van der Waals surface area (Å²) in [6.45, 7) is 0.339. The van der Waals surface area contributed by atoms with E-state index in [1.165, 1.54) is 23.1 Å². The maximum atomic E-state index is 13.5. The lowest BCUT2D eigenvalue weighted by Gasteiger charge is -2.26. The van der Waals surface area contributed by atoms with Gasteiger partial charge in [-0.2, -0.15) is 0 Å². The summed E-state index contributed by atoms with van der Waals surface area (Å²) in [5.74, 6) is 0.965. The zero-order chi connectivity index (χ0) is 27.2. The lowest BCUT2D eigenvalue weighted by molar-refractivity contribution is -0.125. The third-order valence-corrected chi connectivity index (χ3v) is 8.10. The first-order valence-electron chi connectivity index (χ1n) is 13.4. The highest BCUT2D eigenvalue weighted by atomic mass is 32.2. The van der Waals surface area contributed by atoms with Gasteiger partial charge >= 0.3 is 0 Å². The molecule has 204 valence electrons. The van der Waals surface area contributed by atoms with Crippen LogP contribution in [0, 0.1) is 0 Å². The number of nitrogens with one attached hydrogen (secondary N) is 2. The van der Waals surface area contributed by atoms with Gasteiger partial charge in [-0.15, -0.1) is 0 Å². The fraction of sp³-hybridized carbons (Fsp3) is 0.414. The summed E-state index contributed by atoms with van der Waals surface area (Å²) in [6.07, 6.45) is 5.97. The van der Waals surface area contributed by atoms with Crippen LogP contribution in [0.1, 0.15) is 56.1 Å². The van der Waals surface area contributed by atoms with Crippen LogP contribution in [-0.4, -0.2) is 58.6 Å². The molecule has 1 saturated carbocycles. The Kier molecular flexibility index (Phi) is 8.61. The van der Waals surface area contributed by atoms with Gasteiger partial charge in [0.05, 0.1) is 18.6 Å². The Bertz CT molecular complexity index is 1300. The van der Waals surface area contributed by atoms with Crippen molar-refractivity contribution in [2.45, 2.75) is 63.6 Å². The summed E-state index contributed by atoms with van der Waals surface area (Å²) in [5.41, 5.74) is 2.36. The molecule has 5 rings (SSSR count). The van der Waals surface area contributed by atoms with E-state index in [-0.39, 0.29) is 42.4 Å². The molecule has 3 aliphatic rings. The molecule has 2 N–H and O–H groups in total. The van der Waals surface area contributed by atoms with Crippen molar-refractivity contribution in [3.05, 3.63) is 59.7 Å². The van der Waals surface area contributed by atoms with Gasteiger partial charge in [0.1, 0.15) is 17.6 Å². The van der Waals surface area contributed by atoms with E-state index in [1.807, 2.05) is 48.5 Å². The van der Waals surface area contributed by atoms with Crippen LogP contribution < -0.4 is 15.4 Å². The van der Waals surface area contributed by atoms with Gasteiger partial charge in [0, 0.05) is 30.1 Å². The predicted octanol–water partition coefficient (Wildman–Crippen LogP) is 3.93. The molecule has 1 aliphatic carbocycles. The van der Waals surface area contributed by atoms with Gasteiger partial charge in [0.2, 0.25) is 11.8 Å². The highest BCUT2D eigenvalue weighted by Crippen LogP contribution is 2.34. The Morgan fingerprint density at radius 3 is 2.64 bits per heavy atom. The van der Waals surface area contributed by atoms with Crippen molar-refractivity contribution < 1.29 is 19.1 Å². The van der Waals surface area contributed by atoms with Crippen molar-refractivity contribution in [2.75, 3.05) is 12.9 Å². The standard InChI is InChI=1S/C29H33N5O4S/c1-38-24-14-8-5-9-19(24)17-30-25(35)16-15-23-28(37)34-27(32-23)21-12-6-7-13-22(21)33-29(34)39-18-26(36)31-20-10-3-2-4-11-20/h5-9,12-14,20,23H,2-4,10-11,15-18H2,1H3,(H,30,35)(H,31,36)/t23-/m0/s1. The average Bonchev–Trinajstić information content (AvgIpc) is 3.30. The second-order valence-corrected chi connectivity index (χ2v) is 10.8. The first-order chi connectivity index (χ1) is 19.0. The van der Waals surface area contributed by atoms with E-state index in [2.05, 4.69) is 10.6 Å². The highest BCUT2D eigenvalue weighted by Gasteiger charge is 2.41. The van der Waals surface area contributed by atoms with Crippen LogP contribution in [0.5, 0.6) is 5.75 Å². The number of aliphatic imine (C=N–C) groups is 2. The molecule has 0 radical (unpaired) electrons. The SMILES string of the molecule is COc1ccccc1CNC(=O)CC[C@@H]1N=C2c3ccccc3N=C(SCC(=O)NC3CCCCC3)N2C1=O. The molecular formula is C29H33N5O4S. The van der Waals surface area contributed by atoms with Gasteiger partial charge in [-0.25, -0.2) is 9.89 Å². The van der Waals surface area contributed by atoms with Gasteiger partial charge in [-0.05, 0) is 37.5 Å². The van der Waals surface area contributed by atoms with Crippen molar-refractivity contribution in [3.8, 4) is 5.75 Å². The summed E-state index contributed by atoms with van der Waals surface area (Å²) in [6, 6.07) is 14.6. The molecule has 2 aromatic carbocycles. The molecule has 1 fully saturated rings. The number of carbonyl (C=O) groups is 3. The fourth-order valence-electron chi connectivity index (χ4n) is 5.13. The number of amides is 3. The normalized spacial score (nSPS) is 18.5. The molecule has 0 saturated heterocycles. The Morgan fingerprint density at radius 2 is 1.82 bits per heavy atom. The van der Waals surface area contributed by atoms with Crippen LogP contribution in [0.15, 0.2) is 58.5 Å². The molecule has 2 aliphatic heterocycles. The Hall–Kier alpha value is -3.66. The number of fused-ring (bicyclic) bond motifs is 3. The molecule has 1 atom stereocenters. The van der Waals surface area contributed by atoms with E-state index in [9.17, 15) is 14.4 Å². The van der Waals surface area contributed by atoms with Crippen LogP contribution >= 0.6 is 11.8 Å². The zero-order valence-corrected chi connectivity index (χ0v) is 22.8. The van der Waals surface area contributed by atoms with Gasteiger partial charge in [0.25, 0.3) is 5.91 Å². The van der Waals surface area contributed by atoms with Crippen LogP contribution in [0.25, 0.3) is 0 Å². The zero-order valence-electron chi connectivity index (χ0n) is 22.0. The van der Waals surface area contributed by atoms with Crippen molar-refractivity contribution in [1.82, 2.24) is 15.5 Å². The summed E-state index contributed by atoms with van der Waals surface area (Å²) in [5, 5.41) is 6.47. The highest BCUT2D eigenvalue weighted by molar-refractivity contribution is 8.14. The number of amidine groups is 2. The number of carbonyl (C=O) groups excluding carboxylic acids is 3. The number of thioether (sulfide) groups is 1. The molecular weight excluding hydrogens is 514 g/mol. The Labute approximate surface area is 232 Å². The number of methoxy groups -OCH3 is 1. The average molecular weight is 548 g/mol. The smallest absolute Gasteiger partial charge is 0.259 e. The maximum absolute atomic E-state index is 13.5.